The Hall–Kier alpha value is -1.63. The number of fused-ring (bicyclic) bond motifs is 1. The number of hydrogen-bond donors (Lipinski definition) is 2. The van der Waals surface area contributed by atoms with Gasteiger partial charge >= 0.3 is 0 Å². The van der Waals surface area contributed by atoms with Crippen LogP contribution in [0.15, 0.2) is 18.2 Å². The normalized spacial score (nSPS) is 12.9. The summed E-state index contributed by atoms with van der Waals surface area (Å²) in [6, 6.07) is 5.56. The highest BCUT2D eigenvalue weighted by Crippen LogP contribution is 2.22. The van der Waals surface area contributed by atoms with E-state index >= 15 is 0 Å². The highest BCUT2D eigenvalue weighted by Gasteiger charge is 2.14. The van der Waals surface area contributed by atoms with Crippen molar-refractivity contribution in [1.29, 1.82) is 0 Å². The number of nitrogens with two attached hydrogens (primary N) is 1. The summed E-state index contributed by atoms with van der Waals surface area (Å²) < 4.78 is 12.4. The largest absolute Gasteiger partial charge is 0.399 e. The lowest BCUT2D eigenvalue weighted by atomic mass is 10.3. The molecule has 1 heterocycles. The average molecular weight is 279 g/mol. The van der Waals surface area contributed by atoms with E-state index < -0.39 is 6.10 Å². The fourth-order valence-electron chi connectivity index (χ4n) is 2.12. The van der Waals surface area contributed by atoms with Crippen molar-refractivity contribution in [1.82, 2.24) is 9.55 Å². The fourth-order valence-corrected chi connectivity index (χ4v) is 2.12. The molecule has 6 heteroatoms. The molecule has 1 atom stereocenters. The summed E-state index contributed by atoms with van der Waals surface area (Å²) >= 11 is 0. The van der Waals surface area contributed by atoms with E-state index in [1.165, 1.54) is 0 Å². The minimum absolute atomic E-state index is 0.541. The Labute approximate surface area is 118 Å². The van der Waals surface area contributed by atoms with Crippen LogP contribution in [-0.4, -0.2) is 41.6 Å². The SMILES string of the molecule is COCCOCCn1c(C(C)O)nc2cc(N)ccc21. The van der Waals surface area contributed by atoms with E-state index in [2.05, 4.69) is 4.98 Å². The van der Waals surface area contributed by atoms with E-state index in [1.54, 1.807) is 14.0 Å². The van der Waals surface area contributed by atoms with Crippen LogP contribution in [0, 0.1) is 0 Å². The van der Waals surface area contributed by atoms with E-state index in [4.69, 9.17) is 15.2 Å². The topological polar surface area (TPSA) is 82.5 Å². The number of aliphatic hydroxyl groups is 1. The fraction of sp³-hybridized carbons (Fsp3) is 0.500. The highest BCUT2D eigenvalue weighted by atomic mass is 16.5. The van der Waals surface area contributed by atoms with Crippen molar-refractivity contribution in [3.8, 4) is 0 Å². The van der Waals surface area contributed by atoms with Gasteiger partial charge in [-0.1, -0.05) is 0 Å². The minimum atomic E-state index is -0.636. The molecule has 0 amide bonds. The number of ether oxygens (including phenoxy) is 2. The average Bonchev–Trinajstić information content (AvgIpc) is 2.76. The van der Waals surface area contributed by atoms with Crippen LogP contribution in [0.1, 0.15) is 18.9 Å². The van der Waals surface area contributed by atoms with Gasteiger partial charge in [0.1, 0.15) is 11.9 Å². The van der Waals surface area contributed by atoms with Crippen LogP contribution in [0.5, 0.6) is 0 Å². The van der Waals surface area contributed by atoms with Crippen LogP contribution in [0.25, 0.3) is 11.0 Å². The monoisotopic (exact) mass is 279 g/mol. The molecule has 0 aliphatic carbocycles. The second-order valence-electron chi connectivity index (χ2n) is 4.65. The maximum absolute atomic E-state index is 9.84. The predicted octanol–water partition coefficient (Wildman–Crippen LogP) is 1.33. The summed E-state index contributed by atoms with van der Waals surface area (Å²) in [6.07, 6.45) is -0.636. The second kappa shape index (κ2) is 6.69. The van der Waals surface area contributed by atoms with Gasteiger partial charge in [0.2, 0.25) is 0 Å². The quantitative estimate of drug-likeness (QED) is 0.590. The van der Waals surface area contributed by atoms with Crippen LogP contribution in [0.2, 0.25) is 0 Å². The molecule has 1 aromatic heterocycles. The molecule has 0 fully saturated rings. The Morgan fingerprint density at radius 1 is 1.35 bits per heavy atom. The van der Waals surface area contributed by atoms with Gasteiger partial charge in [0.15, 0.2) is 0 Å². The molecule has 0 aliphatic rings. The van der Waals surface area contributed by atoms with Gasteiger partial charge in [-0.3, -0.25) is 0 Å². The third-order valence-corrected chi connectivity index (χ3v) is 3.07. The zero-order chi connectivity index (χ0) is 14.5. The Morgan fingerprint density at radius 3 is 2.85 bits per heavy atom. The van der Waals surface area contributed by atoms with Gasteiger partial charge in [-0.15, -0.1) is 0 Å². The summed E-state index contributed by atoms with van der Waals surface area (Å²) in [6.45, 7) is 4.00. The van der Waals surface area contributed by atoms with Crippen molar-refractivity contribution in [3.63, 3.8) is 0 Å². The lowest BCUT2D eigenvalue weighted by molar-refractivity contribution is 0.0657. The molecule has 20 heavy (non-hydrogen) atoms. The van der Waals surface area contributed by atoms with Crippen LogP contribution in [0.3, 0.4) is 0 Å². The van der Waals surface area contributed by atoms with Gasteiger partial charge in [0.05, 0.1) is 30.9 Å². The number of nitrogens with zero attached hydrogens (tertiary/aromatic N) is 2. The number of anilines is 1. The first-order valence-corrected chi connectivity index (χ1v) is 6.64. The Morgan fingerprint density at radius 2 is 2.15 bits per heavy atom. The van der Waals surface area contributed by atoms with Gasteiger partial charge in [0, 0.05) is 19.3 Å². The van der Waals surface area contributed by atoms with Crippen LogP contribution in [0.4, 0.5) is 5.69 Å². The number of imidazole rings is 1. The van der Waals surface area contributed by atoms with Gasteiger partial charge in [0.25, 0.3) is 0 Å². The van der Waals surface area contributed by atoms with Crippen LogP contribution >= 0.6 is 0 Å². The molecule has 3 N–H and O–H groups in total. The van der Waals surface area contributed by atoms with E-state index in [0.29, 0.717) is 37.9 Å². The molecule has 2 aromatic rings. The molecule has 0 spiro atoms. The third kappa shape index (κ3) is 3.27. The molecular weight excluding hydrogens is 258 g/mol. The van der Waals surface area contributed by atoms with Crippen LogP contribution < -0.4 is 5.73 Å². The lowest BCUT2D eigenvalue weighted by Gasteiger charge is -2.11. The molecule has 6 nitrogen and oxygen atoms in total. The molecule has 0 bridgehead atoms. The molecule has 1 unspecified atom stereocenters. The predicted molar refractivity (Wildman–Crippen MR) is 77.5 cm³/mol. The maximum atomic E-state index is 9.84. The molecule has 0 radical (unpaired) electrons. The number of hydrogen-bond acceptors (Lipinski definition) is 5. The molecular formula is C14H21N3O3. The first-order valence-electron chi connectivity index (χ1n) is 6.64. The van der Waals surface area contributed by atoms with Gasteiger partial charge in [-0.05, 0) is 25.1 Å². The summed E-state index contributed by atoms with van der Waals surface area (Å²) in [5.41, 5.74) is 8.17. The van der Waals surface area contributed by atoms with Crippen molar-refractivity contribution in [2.75, 3.05) is 32.7 Å². The molecule has 2 rings (SSSR count). The van der Waals surface area contributed by atoms with E-state index in [0.717, 1.165) is 11.0 Å². The second-order valence-corrected chi connectivity index (χ2v) is 4.65. The molecule has 0 saturated carbocycles. The first kappa shape index (κ1) is 14.8. The highest BCUT2D eigenvalue weighted by molar-refractivity contribution is 5.79. The number of aliphatic hydroxyl groups excluding tert-OH is 1. The molecule has 0 saturated heterocycles. The molecule has 1 aromatic carbocycles. The van der Waals surface area contributed by atoms with Crippen molar-refractivity contribution in [2.24, 2.45) is 0 Å². The van der Waals surface area contributed by atoms with Crippen molar-refractivity contribution >= 4 is 16.7 Å². The summed E-state index contributed by atoms with van der Waals surface area (Å²) in [4.78, 5) is 4.44. The number of rotatable bonds is 7. The number of methoxy groups -OCH3 is 1. The van der Waals surface area contributed by atoms with Gasteiger partial charge in [-0.2, -0.15) is 0 Å². The van der Waals surface area contributed by atoms with E-state index in [9.17, 15) is 5.11 Å². The van der Waals surface area contributed by atoms with Gasteiger partial charge < -0.3 is 24.9 Å². The number of nitrogen functional groups attached to an aromatic ring is 1. The summed E-state index contributed by atoms with van der Waals surface area (Å²) in [5, 5.41) is 9.84. The van der Waals surface area contributed by atoms with E-state index in [1.807, 2.05) is 22.8 Å². The van der Waals surface area contributed by atoms with Crippen molar-refractivity contribution in [2.45, 2.75) is 19.6 Å². The Bertz CT molecular complexity index is 566. The smallest absolute Gasteiger partial charge is 0.138 e. The van der Waals surface area contributed by atoms with Crippen LogP contribution in [-0.2, 0) is 16.0 Å². The minimum Gasteiger partial charge on any atom is -0.399 e. The molecule has 110 valence electrons. The van der Waals surface area contributed by atoms with Crippen molar-refractivity contribution in [3.05, 3.63) is 24.0 Å². The number of aromatic nitrogens is 2. The zero-order valence-corrected chi connectivity index (χ0v) is 11.9. The standard InChI is InChI=1S/C14H21N3O3/c1-10(18)14-16-12-9-11(15)3-4-13(12)17(14)5-6-20-8-7-19-2/h3-4,9-10,18H,5-8,15H2,1-2H3. The van der Waals surface area contributed by atoms with E-state index in [-0.39, 0.29) is 0 Å². The molecule has 0 aliphatic heterocycles. The van der Waals surface area contributed by atoms with Crippen molar-refractivity contribution < 1.29 is 14.6 Å². The Kier molecular flexibility index (Phi) is 4.94. The summed E-state index contributed by atoms with van der Waals surface area (Å²) in [7, 11) is 1.64. The number of benzene rings is 1. The zero-order valence-electron chi connectivity index (χ0n) is 11.9. The summed E-state index contributed by atoms with van der Waals surface area (Å²) in [5.74, 6) is 0.626. The Balaban J connectivity index is 2.18. The van der Waals surface area contributed by atoms with Gasteiger partial charge in [-0.25, -0.2) is 4.98 Å². The maximum Gasteiger partial charge on any atom is 0.138 e. The lowest BCUT2D eigenvalue weighted by Crippen LogP contribution is -2.13. The third-order valence-electron chi connectivity index (χ3n) is 3.07. The first-order chi connectivity index (χ1) is 9.63.